The molecule has 6 aromatic carbocycles. The maximum atomic E-state index is 11.9. The molecule has 8 aromatic rings. The van der Waals surface area contributed by atoms with Crippen molar-refractivity contribution in [1.29, 1.82) is 0 Å². The number of para-hydroxylation sites is 1. The van der Waals surface area contributed by atoms with Crippen LogP contribution in [-0.4, -0.2) is 19.6 Å². The second kappa shape index (κ2) is 15.6. The minimum atomic E-state index is -3.56. The van der Waals surface area contributed by atoms with Crippen LogP contribution in [0.1, 0.15) is 95.2 Å². The third kappa shape index (κ3) is 7.83. The van der Waals surface area contributed by atoms with Crippen LogP contribution in [0, 0.1) is 26.8 Å². The molecule has 0 spiro atoms. The maximum absolute atomic E-state index is 11.9. The quantitative estimate of drug-likeness (QED) is 0.169. The SMILES string of the molecule is [2H]c1nc(-c2[c-]c(-c3cccc4c3nc(-c3cc(C)cc(C)c3O)n4-c3ccc(C(C([2H])([2H])[2H])(C([2H])([2H])[2H])C([2H])([2H])[2H])cc3-c3ccccc3)cc(C(C)(C)C)c2)c([2H])c(-c2c([2H])c([2H])c(C([2H])([2H])[2H])c([2H])c2[2H])c1[2H].[Pt]. The second-order valence-electron chi connectivity index (χ2n) is 15.2. The molecule has 2 aromatic heterocycles. The van der Waals surface area contributed by atoms with E-state index in [1.54, 1.807) is 78.2 Å². The van der Waals surface area contributed by atoms with Gasteiger partial charge in [-0.3, -0.25) is 9.55 Å². The van der Waals surface area contributed by atoms with Gasteiger partial charge in [-0.2, -0.15) is 0 Å². The van der Waals surface area contributed by atoms with Crippen molar-refractivity contribution in [3.05, 3.63) is 167 Å². The molecule has 1 N–H and O–H groups in total. The first-order chi connectivity index (χ1) is 35.0. The molecule has 0 aliphatic rings. The van der Waals surface area contributed by atoms with Gasteiger partial charge in [0.15, 0.2) is 0 Å². The van der Waals surface area contributed by atoms with Crippen LogP contribution in [0.4, 0.5) is 0 Å². The molecule has 0 saturated carbocycles. The third-order valence-electron chi connectivity index (χ3n) is 9.87. The number of aromatic nitrogens is 3. The summed E-state index contributed by atoms with van der Waals surface area (Å²) in [7, 11) is 0. The summed E-state index contributed by atoms with van der Waals surface area (Å²) >= 11 is 0. The normalized spacial score (nSPS) is 17.4. The average molecular weight is 959 g/mol. The Bertz CT molecular complexity index is 3580. The molecule has 0 radical (unpaired) electrons. The Morgan fingerprint density at radius 2 is 1.45 bits per heavy atom. The van der Waals surface area contributed by atoms with E-state index >= 15 is 0 Å². The zero-order valence-corrected chi connectivity index (χ0v) is 34.5. The van der Waals surface area contributed by atoms with E-state index in [0.717, 1.165) is 5.56 Å². The van der Waals surface area contributed by atoms with Crippen LogP contribution >= 0.6 is 0 Å². The molecule has 294 valence electrons. The average Bonchev–Trinajstić information content (AvgIpc) is 3.69. The first-order valence-electron chi connectivity index (χ1n) is 27.7. The minimum absolute atomic E-state index is 0. The third-order valence-corrected chi connectivity index (χ3v) is 9.87. The Labute approximate surface area is 384 Å². The number of rotatable bonds is 6. The van der Waals surface area contributed by atoms with Crippen LogP contribution in [0.5, 0.6) is 5.75 Å². The van der Waals surface area contributed by atoms with E-state index in [1.807, 2.05) is 33.8 Å². The summed E-state index contributed by atoms with van der Waals surface area (Å²) in [6.45, 7) is -4.38. The molecule has 0 bridgehead atoms. The van der Waals surface area contributed by atoms with Crippen molar-refractivity contribution in [2.24, 2.45) is 0 Å². The summed E-state index contributed by atoms with van der Waals surface area (Å²) in [5.74, 6) is 0.0479. The summed E-state index contributed by atoms with van der Waals surface area (Å²) in [5, 5.41) is 11.9. The summed E-state index contributed by atoms with van der Waals surface area (Å²) < 4.78 is 164. The van der Waals surface area contributed by atoms with Gasteiger partial charge in [-0.05, 0) is 95.2 Å². The van der Waals surface area contributed by atoms with E-state index in [1.165, 1.54) is 18.2 Å². The molecule has 0 aliphatic carbocycles. The largest absolute Gasteiger partial charge is 0.507 e. The van der Waals surface area contributed by atoms with Gasteiger partial charge >= 0.3 is 0 Å². The van der Waals surface area contributed by atoms with Crippen LogP contribution in [0.25, 0.3) is 72.7 Å². The molecule has 0 atom stereocenters. The number of aryl methyl sites for hydroxylation is 2. The minimum Gasteiger partial charge on any atom is -0.507 e. The number of aromatic hydroxyl groups is 1. The van der Waals surface area contributed by atoms with Crippen molar-refractivity contribution in [2.75, 3.05) is 0 Å². The predicted octanol–water partition coefficient (Wildman–Crippen LogP) is 13.8. The van der Waals surface area contributed by atoms with Crippen molar-refractivity contribution in [3.8, 4) is 67.5 Å². The Balaban J connectivity index is 0.00000861. The van der Waals surface area contributed by atoms with Crippen LogP contribution in [-0.2, 0) is 31.9 Å². The number of pyridine rings is 1. The summed E-state index contributed by atoms with van der Waals surface area (Å²) in [6, 6.07) is 23.4. The maximum Gasteiger partial charge on any atom is 0.148 e. The molecular weight excluding hydrogens is 890 g/mol. The van der Waals surface area contributed by atoms with Gasteiger partial charge in [0.25, 0.3) is 0 Å². The fraction of sp³-hybridized carbons (Fsp3) is 0.208. The molecule has 0 saturated heterocycles. The molecule has 2 heterocycles. The molecule has 0 aliphatic heterocycles. The van der Waals surface area contributed by atoms with Crippen molar-refractivity contribution >= 4 is 11.0 Å². The Morgan fingerprint density at radius 1 is 0.690 bits per heavy atom. The topological polar surface area (TPSA) is 50.9 Å². The zero-order valence-electron chi connectivity index (χ0n) is 51.3. The van der Waals surface area contributed by atoms with E-state index in [-0.39, 0.29) is 55.0 Å². The van der Waals surface area contributed by atoms with Gasteiger partial charge in [-0.1, -0.05) is 143 Å². The molecule has 0 amide bonds. The smallest absolute Gasteiger partial charge is 0.148 e. The monoisotopic (exact) mass is 958 g/mol. The molecular formula is C53H50N3OPt-. The van der Waals surface area contributed by atoms with Crippen molar-refractivity contribution in [1.82, 2.24) is 14.5 Å². The van der Waals surface area contributed by atoms with E-state index in [9.17, 15) is 6.48 Å². The van der Waals surface area contributed by atoms with Crippen molar-refractivity contribution < 1.29 is 52.2 Å². The molecule has 0 fully saturated rings. The number of benzene rings is 6. The van der Waals surface area contributed by atoms with Gasteiger partial charge in [0, 0.05) is 54.9 Å². The number of fused-ring (bicyclic) bond motifs is 1. The van der Waals surface area contributed by atoms with E-state index in [0.29, 0.717) is 44.5 Å². The first-order valence-corrected chi connectivity index (χ1v) is 18.2. The van der Waals surface area contributed by atoms with Gasteiger partial charge in [-0.15, -0.1) is 29.3 Å². The van der Waals surface area contributed by atoms with E-state index < -0.39 is 103 Å². The van der Waals surface area contributed by atoms with Gasteiger partial charge in [-0.25, -0.2) is 4.98 Å². The van der Waals surface area contributed by atoms with Crippen LogP contribution < -0.4 is 0 Å². The summed E-state index contributed by atoms with van der Waals surface area (Å²) in [5.41, 5.74) is -1.71. The number of hydrogen-bond acceptors (Lipinski definition) is 3. The predicted molar refractivity (Wildman–Crippen MR) is 238 cm³/mol. The standard InChI is InChI=1S/C53H50N3O.Pt/c1-33-18-20-36(21-19-33)38-24-25-54-46(31-38)40-28-39(29-42(30-40)53(7,8)9)43-16-13-17-48-49(43)55-51(45-27-34(2)26-35(3)50(45)57)56(48)47-23-22-41(52(4,5)6)32-44(47)37-14-11-10-12-15-37;/h10-27,29-32,57H,1-9H3;/q-1;/i1D3,4D3,5D3,6D3,18D,19D,20D,21D,24D,25D,31D;. The fourth-order valence-electron chi connectivity index (χ4n) is 6.97. The number of imidazole rings is 1. The van der Waals surface area contributed by atoms with Crippen LogP contribution in [0.15, 0.2) is 133 Å². The number of hydrogen-bond donors (Lipinski definition) is 1. The van der Waals surface area contributed by atoms with Gasteiger partial charge in [0.2, 0.25) is 0 Å². The Kier molecular flexibility index (Phi) is 6.24. The number of phenolic OH excluding ortho intramolecular Hbond substituents is 1. The van der Waals surface area contributed by atoms with Gasteiger partial charge in [0.1, 0.15) is 11.6 Å². The summed E-state index contributed by atoms with van der Waals surface area (Å²) in [6.07, 6.45) is -0.679. The van der Waals surface area contributed by atoms with Gasteiger partial charge < -0.3 is 5.11 Å². The zero-order chi connectivity index (χ0) is 56.3. The molecule has 8 rings (SSSR count). The molecule has 4 nitrogen and oxygen atoms in total. The first kappa shape index (κ1) is 23.1. The van der Waals surface area contributed by atoms with E-state index in [4.69, 9.17) is 29.7 Å². The van der Waals surface area contributed by atoms with Crippen LogP contribution in [0.3, 0.4) is 0 Å². The van der Waals surface area contributed by atoms with Gasteiger partial charge in [0.05, 0.1) is 31.9 Å². The summed E-state index contributed by atoms with van der Waals surface area (Å²) in [4.78, 5) is 9.58. The fourth-order valence-corrected chi connectivity index (χ4v) is 6.97. The van der Waals surface area contributed by atoms with E-state index in [2.05, 4.69) is 11.1 Å². The molecule has 0 unspecified atom stereocenters. The molecule has 58 heavy (non-hydrogen) atoms. The van der Waals surface area contributed by atoms with Crippen molar-refractivity contribution in [2.45, 2.75) is 72.9 Å². The van der Waals surface area contributed by atoms with Crippen LogP contribution in [0.2, 0.25) is 0 Å². The number of nitrogens with zero attached hydrogens (tertiary/aromatic N) is 3. The van der Waals surface area contributed by atoms with Crippen molar-refractivity contribution in [3.63, 3.8) is 0 Å². The Hall–Kier alpha value is -5.57. The number of phenols is 1. The molecule has 5 heteroatoms. The second-order valence-corrected chi connectivity index (χ2v) is 15.2. The Morgan fingerprint density at radius 3 is 2.17 bits per heavy atom.